The lowest BCUT2D eigenvalue weighted by Crippen LogP contribution is -2.50. The molecule has 7 nitrogen and oxygen atoms in total. The van der Waals surface area contributed by atoms with Gasteiger partial charge in [-0.05, 0) is 105 Å². The van der Waals surface area contributed by atoms with Gasteiger partial charge >= 0.3 is 5.97 Å². The predicted molar refractivity (Wildman–Crippen MR) is 166 cm³/mol. The Morgan fingerprint density at radius 2 is 1.64 bits per heavy atom. The summed E-state index contributed by atoms with van der Waals surface area (Å²) in [7, 11) is 7.35. The maximum Gasteiger partial charge on any atom is 0.338 e. The highest BCUT2D eigenvalue weighted by molar-refractivity contribution is 5.91. The van der Waals surface area contributed by atoms with Crippen LogP contribution in [0.2, 0.25) is 0 Å². The van der Waals surface area contributed by atoms with E-state index in [1.54, 1.807) is 5.57 Å². The minimum atomic E-state index is -0.452. The summed E-state index contributed by atoms with van der Waals surface area (Å²) in [6, 6.07) is 3.45. The fourth-order valence-electron chi connectivity index (χ4n) is 9.97. The third-order valence-corrected chi connectivity index (χ3v) is 12.2. The molecule has 0 saturated heterocycles. The molecule has 5 rings (SSSR count). The Bertz CT molecular complexity index is 1260. The molecule has 0 heterocycles. The molecule has 0 aliphatic heterocycles. The number of esters is 1. The molecule has 0 unspecified atom stereocenters. The third kappa shape index (κ3) is 4.66. The monoisotopic (exact) mass is 580 g/mol. The number of nitrogens with two attached hydrogens (primary N) is 1. The van der Waals surface area contributed by atoms with E-state index in [2.05, 4.69) is 65.8 Å². The van der Waals surface area contributed by atoms with Gasteiger partial charge < -0.3 is 30.0 Å². The van der Waals surface area contributed by atoms with E-state index in [1.165, 1.54) is 44.8 Å². The number of hydrogen-bond donors (Lipinski definition) is 2. The van der Waals surface area contributed by atoms with Gasteiger partial charge in [0.1, 0.15) is 6.10 Å². The molecule has 0 amide bonds. The van der Waals surface area contributed by atoms with Crippen LogP contribution in [-0.2, 0) is 4.74 Å². The predicted octanol–water partition coefficient (Wildman–Crippen LogP) is 6.35. The summed E-state index contributed by atoms with van der Waals surface area (Å²) in [5.74, 6) is 0.722. The van der Waals surface area contributed by atoms with Crippen molar-refractivity contribution in [2.75, 3.05) is 28.3 Å². The number of carbonyl (C=O) groups excluding carboxylic acids is 1. The Morgan fingerprint density at radius 1 is 1.02 bits per heavy atom. The van der Waals surface area contributed by atoms with Crippen molar-refractivity contribution in [3.8, 4) is 17.2 Å². The van der Waals surface area contributed by atoms with Crippen LogP contribution in [0.1, 0.15) is 83.5 Å². The SMILES string of the molecule is COc1cc(C(=O)O[C@@H]2C[C@@]3(C)[C@@H]4CC[C@H]5C(=CC4=CC[C@]3(C)[C@H]2[C@H](C)N)CC[C@H](N(C)C)C5(C)C)cc(OC)c1O. The zero-order chi connectivity index (χ0) is 30.8. The first-order chi connectivity index (χ1) is 19.7. The molecule has 0 aromatic heterocycles. The summed E-state index contributed by atoms with van der Waals surface area (Å²) in [5.41, 5.74) is 10.2. The minimum absolute atomic E-state index is 0.0119. The summed E-state index contributed by atoms with van der Waals surface area (Å²) >= 11 is 0. The van der Waals surface area contributed by atoms with Crippen LogP contribution in [0.5, 0.6) is 17.2 Å². The van der Waals surface area contributed by atoms with Crippen molar-refractivity contribution in [3.05, 3.63) is 41.0 Å². The van der Waals surface area contributed by atoms with E-state index < -0.39 is 5.97 Å². The number of phenolic OH excluding ortho intramolecular Hbond substituents is 1. The minimum Gasteiger partial charge on any atom is -0.502 e. The average molecular weight is 581 g/mol. The molecule has 232 valence electrons. The maximum atomic E-state index is 13.6. The van der Waals surface area contributed by atoms with E-state index in [9.17, 15) is 9.90 Å². The number of hydrogen-bond acceptors (Lipinski definition) is 7. The van der Waals surface area contributed by atoms with Crippen LogP contribution in [0.3, 0.4) is 0 Å². The van der Waals surface area contributed by atoms with Gasteiger partial charge in [-0.2, -0.15) is 0 Å². The molecule has 1 aromatic rings. The molecular weight excluding hydrogens is 528 g/mol. The van der Waals surface area contributed by atoms with Gasteiger partial charge in [-0.3, -0.25) is 0 Å². The maximum absolute atomic E-state index is 13.6. The molecule has 2 fully saturated rings. The van der Waals surface area contributed by atoms with E-state index in [0.717, 1.165) is 25.7 Å². The molecule has 0 bridgehead atoms. The molecular formula is C35H52N2O5. The van der Waals surface area contributed by atoms with Gasteiger partial charge in [0.2, 0.25) is 5.75 Å². The van der Waals surface area contributed by atoms with Gasteiger partial charge in [-0.15, -0.1) is 0 Å². The van der Waals surface area contributed by atoms with Crippen molar-refractivity contribution >= 4 is 5.97 Å². The number of ether oxygens (including phenoxy) is 3. The Hall–Kier alpha value is -2.51. The Kier molecular flexibility index (Phi) is 8.02. The van der Waals surface area contributed by atoms with Crippen LogP contribution in [0.25, 0.3) is 0 Å². The van der Waals surface area contributed by atoms with E-state index >= 15 is 0 Å². The molecule has 7 heteroatoms. The first-order valence-electron chi connectivity index (χ1n) is 15.7. The number of aromatic hydroxyl groups is 1. The highest BCUT2D eigenvalue weighted by Gasteiger charge is 2.65. The smallest absolute Gasteiger partial charge is 0.338 e. The van der Waals surface area contributed by atoms with Gasteiger partial charge in [-0.1, -0.05) is 45.4 Å². The molecule has 42 heavy (non-hydrogen) atoms. The number of phenols is 1. The lowest BCUT2D eigenvalue weighted by Gasteiger charge is -2.53. The summed E-state index contributed by atoms with van der Waals surface area (Å²) in [5, 5.41) is 10.4. The molecule has 4 aliphatic rings. The van der Waals surface area contributed by atoms with Gasteiger partial charge in [0.15, 0.2) is 11.5 Å². The number of fused-ring (bicyclic) bond motifs is 4. The molecule has 1 aromatic carbocycles. The van der Waals surface area contributed by atoms with E-state index in [0.29, 0.717) is 17.9 Å². The second kappa shape index (κ2) is 10.9. The number of methoxy groups -OCH3 is 2. The number of benzene rings is 1. The highest BCUT2D eigenvalue weighted by Crippen LogP contribution is 2.68. The van der Waals surface area contributed by atoms with Crippen molar-refractivity contribution < 1.29 is 24.1 Å². The van der Waals surface area contributed by atoms with Crippen LogP contribution in [0, 0.1) is 34.0 Å². The molecule has 2 saturated carbocycles. The van der Waals surface area contributed by atoms with Crippen molar-refractivity contribution in [1.82, 2.24) is 4.90 Å². The first kappa shape index (κ1) is 30.9. The average Bonchev–Trinajstić information content (AvgIpc) is 3.02. The van der Waals surface area contributed by atoms with E-state index in [1.807, 2.05) is 0 Å². The van der Waals surface area contributed by atoms with Crippen LogP contribution in [0.15, 0.2) is 35.4 Å². The van der Waals surface area contributed by atoms with Crippen LogP contribution >= 0.6 is 0 Å². The molecule has 8 atom stereocenters. The summed E-state index contributed by atoms with van der Waals surface area (Å²) in [6.07, 6.45) is 11.1. The van der Waals surface area contributed by atoms with Crippen molar-refractivity contribution in [1.29, 1.82) is 0 Å². The van der Waals surface area contributed by atoms with Gasteiger partial charge in [-0.25, -0.2) is 4.79 Å². The second-order valence-corrected chi connectivity index (χ2v) is 14.7. The summed E-state index contributed by atoms with van der Waals surface area (Å²) < 4.78 is 16.9. The van der Waals surface area contributed by atoms with Crippen LogP contribution in [0.4, 0.5) is 0 Å². The van der Waals surface area contributed by atoms with Crippen LogP contribution in [-0.4, -0.2) is 62.5 Å². The van der Waals surface area contributed by atoms with E-state index in [-0.39, 0.29) is 57.1 Å². The van der Waals surface area contributed by atoms with Gasteiger partial charge in [0, 0.05) is 18.0 Å². The second-order valence-electron chi connectivity index (χ2n) is 14.7. The largest absolute Gasteiger partial charge is 0.502 e. The lowest BCUT2D eigenvalue weighted by atomic mass is 9.51. The van der Waals surface area contributed by atoms with Gasteiger partial charge in [0.25, 0.3) is 0 Å². The molecule has 0 radical (unpaired) electrons. The number of rotatable bonds is 6. The Morgan fingerprint density at radius 3 is 2.21 bits per heavy atom. The standard InChI is InChI=1S/C35H52N2O5/c1-20(36)30-28(42-32(39)23-17-26(40-8)31(38)27(18-23)41-9)19-35(5)25-12-11-24-21(16-22(25)14-15-34(30,35)4)10-13-29(37(6)7)33(24,2)3/h14,16-18,20,24-25,28-30,38H,10-13,15,19,36H2,1-9H3/t20-,24-,25+,28+,29-,30-,34+,35-/m0/s1. The topological polar surface area (TPSA) is 94.2 Å². The third-order valence-electron chi connectivity index (χ3n) is 12.2. The van der Waals surface area contributed by atoms with Crippen molar-refractivity contribution in [2.24, 2.45) is 39.7 Å². The number of nitrogens with zero attached hydrogens (tertiary/aromatic N) is 1. The lowest BCUT2D eigenvalue weighted by molar-refractivity contribution is -0.0108. The zero-order valence-corrected chi connectivity index (χ0v) is 27.1. The molecule has 3 N–H and O–H groups in total. The van der Waals surface area contributed by atoms with Crippen molar-refractivity contribution in [3.63, 3.8) is 0 Å². The first-order valence-corrected chi connectivity index (χ1v) is 15.7. The summed E-state index contributed by atoms with van der Waals surface area (Å²) in [6.45, 7) is 11.8. The van der Waals surface area contributed by atoms with E-state index in [4.69, 9.17) is 19.9 Å². The van der Waals surface area contributed by atoms with Crippen molar-refractivity contribution in [2.45, 2.75) is 91.3 Å². The Balaban J connectivity index is 1.46. The fourth-order valence-corrected chi connectivity index (χ4v) is 9.97. The number of allylic oxidation sites excluding steroid dienone is 4. The Labute approximate surface area is 252 Å². The van der Waals surface area contributed by atoms with Gasteiger partial charge in [0.05, 0.1) is 19.8 Å². The normalized spacial score (nSPS) is 36.0. The fraction of sp³-hybridized carbons (Fsp3) is 0.686. The number of carbonyl (C=O) groups is 1. The zero-order valence-electron chi connectivity index (χ0n) is 27.1. The quantitative estimate of drug-likeness (QED) is 0.379. The molecule has 4 aliphatic carbocycles. The molecule has 0 spiro atoms. The summed E-state index contributed by atoms with van der Waals surface area (Å²) in [4.78, 5) is 16.0. The highest BCUT2D eigenvalue weighted by atomic mass is 16.5. The van der Waals surface area contributed by atoms with Crippen LogP contribution < -0.4 is 15.2 Å².